The predicted octanol–water partition coefficient (Wildman–Crippen LogP) is 4.19. The highest BCUT2D eigenvalue weighted by Crippen LogP contribution is 2.31. The largest absolute Gasteiger partial charge is 0.381 e. The first-order chi connectivity index (χ1) is 13.7. The van der Waals surface area contributed by atoms with Gasteiger partial charge in [-0.05, 0) is 55.7 Å². The zero-order valence-corrected chi connectivity index (χ0v) is 16.7. The summed E-state index contributed by atoms with van der Waals surface area (Å²) in [5, 5.41) is 7.70. The van der Waals surface area contributed by atoms with Crippen LogP contribution < -0.4 is 16.4 Å². The summed E-state index contributed by atoms with van der Waals surface area (Å²) in [6, 6.07) is 9.62. The van der Waals surface area contributed by atoms with E-state index in [1.165, 1.54) is 16.8 Å². The fourth-order valence-corrected chi connectivity index (χ4v) is 3.79. The molecule has 2 heterocycles. The number of dihydropyridines is 1. The van der Waals surface area contributed by atoms with Crippen molar-refractivity contribution in [2.75, 3.05) is 18.4 Å². The number of benzene rings is 1. The Morgan fingerprint density at radius 2 is 2.11 bits per heavy atom. The van der Waals surface area contributed by atoms with Crippen molar-refractivity contribution >= 4 is 17.4 Å². The maximum Gasteiger partial charge on any atom is 0.163 e. The van der Waals surface area contributed by atoms with Crippen molar-refractivity contribution in [2.24, 2.45) is 5.73 Å². The fourth-order valence-electron chi connectivity index (χ4n) is 3.57. The highest BCUT2D eigenvalue weighted by atomic mass is 35.5. The molecule has 2 aliphatic rings. The summed E-state index contributed by atoms with van der Waals surface area (Å²) in [4.78, 5) is 9.45. The first-order valence-electron chi connectivity index (χ1n) is 9.59. The van der Waals surface area contributed by atoms with Crippen LogP contribution in [0.5, 0.6) is 0 Å². The fraction of sp³-hybridized carbons (Fsp3) is 0.273. The molecule has 1 aromatic carbocycles. The van der Waals surface area contributed by atoms with E-state index < -0.39 is 0 Å². The van der Waals surface area contributed by atoms with Crippen LogP contribution in [0.4, 0.5) is 5.82 Å². The molecule has 1 aliphatic heterocycles. The normalized spacial score (nSPS) is 16.1. The maximum absolute atomic E-state index is 6.39. The van der Waals surface area contributed by atoms with E-state index in [-0.39, 0.29) is 0 Å². The van der Waals surface area contributed by atoms with Gasteiger partial charge in [0, 0.05) is 41.7 Å². The molecule has 0 unspecified atom stereocenters. The highest BCUT2D eigenvalue weighted by molar-refractivity contribution is 6.33. The van der Waals surface area contributed by atoms with E-state index in [1.807, 2.05) is 30.3 Å². The third-order valence-electron chi connectivity index (χ3n) is 4.99. The van der Waals surface area contributed by atoms with Gasteiger partial charge in [-0.25, -0.2) is 9.97 Å². The van der Waals surface area contributed by atoms with Crippen LogP contribution in [0.25, 0.3) is 11.4 Å². The van der Waals surface area contributed by atoms with Crippen molar-refractivity contribution in [1.82, 2.24) is 15.3 Å². The molecule has 0 radical (unpaired) electrons. The molecule has 1 aromatic heterocycles. The average molecular weight is 394 g/mol. The minimum atomic E-state index is 0.532. The molecule has 0 atom stereocenters. The lowest BCUT2D eigenvalue weighted by atomic mass is 9.93. The number of allylic oxidation sites excluding steroid dienone is 3. The standard InChI is InChI=1S/C22H24ClN5/c1-14-13-25-19-9-5-3-7-17(19)21(14)27-20-12-15(10-11-24)26-22(28-20)16-6-2-4-8-18(16)23/h2,4-6,8-9,12,25H,3,7,10-11,13,24H2,1H3,(H,26,27,28). The molecule has 144 valence electrons. The quantitative estimate of drug-likeness (QED) is 0.710. The van der Waals surface area contributed by atoms with Gasteiger partial charge in [0.05, 0.1) is 5.02 Å². The summed E-state index contributed by atoms with van der Waals surface area (Å²) in [5.74, 6) is 1.38. The minimum absolute atomic E-state index is 0.532. The number of anilines is 1. The molecule has 0 bridgehead atoms. The van der Waals surface area contributed by atoms with Crippen LogP contribution in [0, 0.1) is 0 Å². The maximum atomic E-state index is 6.39. The Hall–Kier alpha value is -2.63. The molecule has 28 heavy (non-hydrogen) atoms. The van der Waals surface area contributed by atoms with Crippen molar-refractivity contribution in [1.29, 1.82) is 0 Å². The molecule has 5 nitrogen and oxygen atoms in total. The monoisotopic (exact) mass is 393 g/mol. The average Bonchev–Trinajstić information content (AvgIpc) is 2.71. The van der Waals surface area contributed by atoms with Crippen LogP contribution >= 0.6 is 11.6 Å². The lowest BCUT2D eigenvalue weighted by Gasteiger charge is -2.28. The molecule has 0 spiro atoms. The molecule has 1 aliphatic carbocycles. The number of hydrogen-bond donors (Lipinski definition) is 3. The molecule has 6 heteroatoms. The van der Waals surface area contributed by atoms with Gasteiger partial charge in [0.1, 0.15) is 5.82 Å². The Morgan fingerprint density at radius 1 is 1.25 bits per heavy atom. The lowest BCUT2D eigenvalue weighted by molar-refractivity contribution is 0.794. The molecule has 0 amide bonds. The van der Waals surface area contributed by atoms with E-state index in [0.29, 0.717) is 23.8 Å². The zero-order chi connectivity index (χ0) is 19.5. The third-order valence-corrected chi connectivity index (χ3v) is 5.32. The van der Waals surface area contributed by atoms with Crippen molar-refractivity contribution in [3.05, 3.63) is 75.7 Å². The number of rotatable bonds is 5. The lowest BCUT2D eigenvalue weighted by Crippen LogP contribution is -2.27. The topological polar surface area (TPSA) is 75.9 Å². The second-order valence-electron chi connectivity index (χ2n) is 7.05. The number of hydrogen-bond acceptors (Lipinski definition) is 5. The smallest absolute Gasteiger partial charge is 0.163 e. The Morgan fingerprint density at radius 3 is 2.93 bits per heavy atom. The van der Waals surface area contributed by atoms with Gasteiger partial charge in [0.25, 0.3) is 0 Å². The number of nitrogens with one attached hydrogen (secondary N) is 2. The summed E-state index contributed by atoms with van der Waals surface area (Å²) >= 11 is 6.39. The number of nitrogens with zero attached hydrogens (tertiary/aromatic N) is 2. The van der Waals surface area contributed by atoms with E-state index in [0.717, 1.165) is 42.2 Å². The van der Waals surface area contributed by atoms with E-state index >= 15 is 0 Å². The summed E-state index contributed by atoms with van der Waals surface area (Å²) < 4.78 is 0. The third kappa shape index (κ3) is 3.81. The van der Waals surface area contributed by atoms with Crippen molar-refractivity contribution in [2.45, 2.75) is 26.2 Å². The van der Waals surface area contributed by atoms with Crippen LogP contribution in [-0.2, 0) is 6.42 Å². The number of halogens is 1. The molecule has 2 aromatic rings. The van der Waals surface area contributed by atoms with Crippen molar-refractivity contribution in [3.63, 3.8) is 0 Å². The first-order valence-corrected chi connectivity index (χ1v) is 9.97. The van der Waals surface area contributed by atoms with E-state index in [1.54, 1.807) is 0 Å². The second-order valence-corrected chi connectivity index (χ2v) is 7.46. The number of nitrogens with two attached hydrogens (primary N) is 1. The molecule has 4 rings (SSSR count). The van der Waals surface area contributed by atoms with Gasteiger partial charge in [0.2, 0.25) is 0 Å². The summed E-state index contributed by atoms with van der Waals surface area (Å²) in [6.45, 7) is 3.50. The van der Waals surface area contributed by atoms with Gasteiger partial charge in [-0.1, -0.05) is 29.8 Å². The van der Waals surface area contributed by atoms with Crippen LogP contribution in [0.3, 0.4) is 0 Å². The first kappa shape index (κ1) is 18.7. The second kappa shape index (κ2) is 8.17. The minimum Gasteiger partial charge on any atom is -0.381 e. The summed E-state index contributed by atoms with van der Waals surface area (Å²) in [5.41, 5.74) is 12.4. The van der Waals surface area contributed by atoms with Crippen molar-refractivity contribution < 1.29 is 0 Å². The van der Waals surface area contributed by atoms with Crippen LogP contribution in [0.2, 0.25) is 5.02 Å². The molecule has 0 saturated heterocycles. The van der Waals surface area contributed by atoms with E-state index in [2.05, 4.69) is 34.7 Å². The Kier molecular flexibility index (Phi) is 5.46. The SMILES string of the molecule is CC1=C(Nc2cc(CCN)nc(-c3ccccc3Cl)n2)C2=C(C=CCC2)NC1. The van der Waals surface area contributed by atoms with Crippen LogP contribution in [-0.4, -0.2) is 23.1 Å². The van der Waals surface area contributed by atoms with Gasteiger partial charge in [0.15, 0.2) is 5.82 Å². The van der Waals surface area contributed by atoms with Gasteiger partial charge in [-0.3, -0.25) is 0 Å². The summed E-state index contributed by atoms with van der Waals surface area (Å²) in [6.07, 6.45) is 7.12. The molecule has 0 saturated carbocycles. The van der Waals surface area contributed by atoms with E-state index in [4.69, 9.17) is 22.3 Å². The van der Waals surface area contributed by atoms with Crippen molar-refractivity contribution in [3.8, 4) is 11.4 Å². The summed E-state index contributed by atoms with van der Waals surface area (Å²) in [7, 11) is 0. The van der Waals surface area contributed by atoms with Gasteiger partial charge < -0.3 is 16.4 Å². The van der Waals surface area contributed by atoms with E-state index in [9.17, 15) is 0 Å². The van der Waals surface area contributed by atoms with Crippen LogP contribution in [0.15, 0.2) is 65.0 Å². The van der Waals surface area contributed by atoms with Gasteiger partial charge in [-0.15, -0.1) is 0 Å². The van der Waals surface area contributed by atoms with Gasteiger partial charge in [-0.2, -0.15) is 0 Å². The Labute approximate surface area is 170 Å². The zero-order valence-electron chi connectivity index (χ0n) is 15.9. The Balaban J connectivity index is 1.74. The predicted molar refractivity (Wildman–Crippen MR) is 115 cm³/mol. The molecule has 4 N–H and O–H groups in total. The Bertz CT molecular complexity index is 990. The molecule has 0 fully saturated rings. The highest BCUT2D eigenvalue weighted by Gasteiger charge is 2.21. The van der Waals surface area contributed by atoms with Gasteiger partial charge >= 0.3 is 0 Å². The molecular formula is C22H24ClN5. The van der Waals surface area contributed by atoms with Crippen LogP contribution in [0.1, 0.15) is 25.5 Å². The number of aromatic nitrogens is 2. The molecular weight excluding hydrogens is 370 g/mol.